The maximum atomic E-state index is 12.9. The monoisotopic (exact) mass is 560 g/mol. The molecule has 0 saturated heterocycles. The summed E-state index contributed by atoms with van der Waals surface area (Å²) in [6, 6.07) is 29.8. The lowest BCUT2D eigenvalue weighted by Crippen LogP contribution is -2.14. The van der Waals surface area contributed by atoms with Crippen molar-refractivity contribution in [1.29, 1.82) is 0 Å². The van der Waals surface area contributed by atoms with Crippen LogP contribution in [0.1, 0.15) is 34.0 Å². The zero-order valence-electron chi connectivity index (χ0n) is 21.3. The predicted molar refractivity (Wildman–Crippen MR) is 153 cm³/mol. The third kappa shape index (κ3) is 5.92. The molecule has 0 unspecified atom stereocenters. The van der Waals surface area contributed by atoms with E-state index in [2.05, 4.69) is 19.4 Å². The van der Waals surface area contributed by atoms with Gasteiger partial charge < -0.3 is 9.97 Å². The number of aromatic amines is 2. The number of H-pyrrole nitrogens is 2. The Labute approximate surface area is 228 Å². The number of aromatic nitrogens is 2. The molecule has 8 nitrogen and oxygen atoms in total. The van der Waals surface area contributed by atoms with Crippen molar-refractivity contribution in [3.63, 3.8) is 0 Å². The van der Waals surface area contributed by atoms with Crippen LogP contribution in [0, 0.1) is 13.8 Å². The minimum Gasteiger partial charge on any atom is -0.344 e. The Kier molecular flexibility index (Phi) is 7.07. The Morgan fingerprint density at radius 3 is 1.36 bits per heavy atom. The van der Waals surface area contributed by atoms with Crippen molar-refractivity contribution in [2.24, 2.45) is 0 Å². The number of sulfonamides is 2. The Morgan fingerprint density at radius 1 is 0.538 bits per heavy atom. The molecule has 0 radical (unpaired) electrons. The molecule has 0 aliphatic rings. The fraction of sp³-hybridized carbons (Fsp3) is 0.103. The first kappa shape index (κ1) is 26.3. The maximum Gasteiger partial charge on any atom is 0.262 e. The molecule has 0 aliphatic carbocycles. The van der Waals surface area contributed by atoms with E-state index in [1.54, 1.807) is 60.7 Å². The second-order valence-electron chi connectivity index (χ2n) is 9.34. The van der Waals surface area contributed by atoms with E-state index in [-0.39, 0.29) is 15.7 Å². The van der Waals surface area contributed by atoms with Crippen LogP contribution in [0.3, 0.4) is 0 Å². The van der Waals surface area contributed by atoms with Gasteiger partial charge in [0.2, 0.25) is 0 Å². The van der Waals surface area contributed by atoms with Gasteiger partial charge >= 0.3 is 0 Å². The molecule has 2 aromatic heterocycles. The van der Waals surface area contributed by atoms with E-state index in [9.17, 15) is 16.8 Å². The van der Waals surface area contributed by atoms with E-state index < -0.39 is 20.0 Å². The summed E-state index contributed by atoms with van der Waals surface area (Å²) in [6.07, 6.45) is 0. The van der Waals surface area contributed by atoms with Crippen LogP contribution in [0.4, 0.5) is 11.6 Å². The summed E-state index contributed by atoms with van der Waals surface area (Å²) in [6.45, 7) is 3.79. The van der Waals surface area contributed by atoms with E-state index >= 15 is 0 Å². The van der Waals surface area contributed by atoms with E-state index in [1.165, 1.54) is 0 Å². The molecule has 3 aromatic carbocycles. The summed E-state index contributed by atoms with van der Waals surface area (Å²) in [5.41, 5.74) is 4.30. The molecule has 10 heteroatoms. The summed E-state index contributed by atoms with van der Waals surface area (Å²) in [5.74, 6) is 0.290. The Balaban J connectivity index is 1.43. The number of benzene rings is 3. The second-order valence-corrected chi connectivity index (χ2v) is 12.7. The normalized spacial score (nSPS) is 12.0. The molecule has 0 aliphatic heterocycles. The van der Waals surface area contributed by atoms with Crippen molar-refractivity contribution in [3.05, 3.63) is 131 Å². The van der Waals surface area contributed by atoms with Gasteiger partial charge in [0.1, 0.15) is 11.6 Å². The molecule has 0 bridgehead atoms. The molecule has 0 saturated carbocycles. The minimum atomic E-state index is -3.78. The third-order valence-corrected chi connectivity index (χ3v) is 9.09. The van der Waals surface area contributed by atoms with Crippen molar-refractivity contribution in [3.8, 4) is 0 Å². The van der Waals surface area contributed by atoms with Crippen LogP contribution in [0.5, 0.6) is 0 Å². The molecule has 5 aromatic rings. The zero-order valence-corrected chi connectivity index (χ0v) is 23.0. The van der Waals surface area contributed by atoms with E-state index in [1.807, 2.05) is 56.3 Å². The van der Waals surface area contributed by atoms with Gasteiger partial charge in [-0.2, -0.15) is 0 Å². The first-order chi connectivity index (χ1) is 18.6. The second kappa shape index (κ2) is 10.5. The van der Waals surface area contributed by atoms with Crippen molar-refractivity contribution in [2.45, 2.75) is 29.6 Å². The Hall–Kier alpha value is -4.28. The van der Waals surface area contributed by atoms with Gasteiger partial charge in [-0.15, -0.1) is 0 Å². The Bertz CT molecular complexity index is 1680. The number of anilines is 2. The number of hydrogen-bond acceptors (Lipinski definition) is 4. The molecule has 5 rings (SSSR count). The average Bonchev–Trinajstić information content (AvgIpc) is 3.54. The lowest BCUT2D eigenvalue weighted by molar-refractivity contribution is 0.599. The van der Waals surface area contributed by atoms with E-state index in [0.29, 0.717) is 11.6 Å². The lowest BCUT2D eigenvalue weighted by atomic mass is 9.93. The standard InChI is InChI=1S/C29H28N4O4S2/c1-20-8-12-23(13-9-20)38(34,35)32-27-18-16-25(30-27)29(22-6-4-3-5-7-22)26-17-19-28(31-26)33-39(36,37)24-14-10-21(2)11-15-24/h3-19,29-33H,1-2H3. The molecule has 0 atom stereocenters. The largest absolute Gasteiger partial charge is 0.344 e. The van der Waals surface area contributed by atoms with Crippen LogP contribution in [0.2, 0.25) is 0 Å². The SMILES string of the molecule is Cc1ccc(S(=O)(=O)Nc2ccc(C(c3ccccc3)c3ccc(NS(=O)(=O)c4ccc(C)cc4)[nH]3)[nH]2)cc1. The fourth-order valence-electron chi connectivity index (χ4n) is 4.29. The van der Waals surface area contributed by atoms with Crippen LogP contribution < -0.4 is 9.44 Å². The van der Waals surface area contributed by atoms with Crippen LogP contribution in [-0.4, -0.2) is 26.8 Å². The van der Waals surface area contributed by atoms with E-state index in [4.69, 9.17) is 0 Å². The van der Waals surface area contributed by atoms with Gasteiger partial charge in [0.05, 0.1) is 15.7 Å². The van der Waals surface area contributed by atoms with Crippen molar-refractivity contribution in [1.82, 2.24) is 9.97 Å². The van der Waals surface area contributed by atoms with Crippen LogP contribution in [0.25, 0.3) is 0 Å². The fourth-order valence-corrected chi connectivity index (χ4v) is 6.34. The summed E-state index contributed by atoms with van der Waals surface area (Å²) < 4.78 is 56.8. The van der Waals surface area contributed by atoms with Crippen LogP contribution in [0.15, 0.2) is 113 Å². The summed E-state index contributed by atoms with van der Waals surface area (Å²) in [5, 5.41) is 0. The number of rotatable bonds is 9. The molecule has 0 fully saturated rings. The quantitative estimate of drug-likeness (QED) is 0.183. The highest BCUT2D eigenvalue weighted by Gasteiger charge is 2.23. The van der Waals surface area contributed by atoms with Gasteiger partial charge in [-0.05, 0) is 67.9 Å². The van der Waals surface area contributed by atoms with Gasteiger partial charge in [0, 0.05) is 11.4 Å². The third-order valence-electron chi connectivity index (χ3n) is 6.32. The van der Waals surface area contributed by atoms with Crippen molar-refractivity contribution < 1.29 is 16.8 Å². The average molecular weight is 561 g/mol. The molecular weight excluding hydrogens is 532 g/mol. The van der Waals surface area contributed by atoms with Crippen molar-refractivity contribution in [2.75, 3.05) is 9.44 Å². The molecule has 2 heterocycles. The highest BCUT2D eigenvalue weighted by Crippen LogP contribution is 2.33. The van der Waals surface area contributed by atoms with Gasteiger partial charge in [-0.25, -0.2) is 16.8 Å². The topological polar surface area (TPSA) is 124 Å². The van der Waals surface area contributed by atoms with Crippen LogP contribution in [-0.2, 0) is 20.0 Å². The van der Waals surface area contributed by atoms with Gasteiger partial charge in [0.15, 0.2) is 0 Å². The predicted octanol–water partition coefficient (Wildman–Crippen LogP) is 5.74. The number of nitrogens with one attached hydrogen (secondary N) is 4. The minimum absolute atomic E-state index is 0.165. The maximum absolute atomic E-state index is 12.9. The zero-order chi connectivity index (χ0) is 27.6. The number of aryl methyl sites for hydroxylation is 2. The molecule has 4 N–H and O–H groups in total. The summed E-state index contributed by atoms with van der Waals surface area (Å²) in [4.78, 5) is 6.71. The summed E-state index contributed by atoms with van der Waals surface area (Å²) in [7, 11) is -7.57. The van der Waals surface area contributed by atoms with E-state index in [0.717, 1.165) is 28.1 Å². The molecular formula is C29H28N4O4S2. The van der Waals surface area contributed by atoms with Gasteiger partial charge in [0.25, 0.3) is 20.0 Å². The highest BCUT2D eigenvalue weighted by atomic mass is 32.2. The van der Waals surface area contributed by atoms with Gasteiger partial charge in [-0.1, -0.05) is 65.7 Å². The smallest absolute Gasteiger partial charge is 0.262 e. The Morgan fingerprint density at radius 2 is 0.949 bits per heavy atom. The molecule has 0 amide bonds. The van der Waals surface area contributed by atoms with Crippen molar-refractivity contribution >= 4 is 31.7 Å². The van der Waals surface area contributed by atoms with Gasteiger partial charge in [-0.3, -0.25) is 9.44 Å². The molecule has 0 spiro atoms. The molecule has 200 valence electrons. The number of hydrogen-bond donors (Lipinski definition) is 4. The first-order valence-corrected chi connectivity index (χ1v) is 15.2. The van der Waals surface area contributed by atoms with Crippen LogP contribution >= 0.6 is 0 Å². The first-order valence-electron chi connectivity index (χ1n) is 12.2. The highest BCUT2D eigenvalue weighted by molar-refractivity contribution is 7.93. The lowest BCUT2D eigenvalue weighted by Gasteiger charge is -2.16. The molecule has 39 heavy (non-hydrogen) atoms. The summed E-state index contributed by atoms with van der Waals surface area (Å²) >= 11 is 0.